The number of quaternary nitrogens is 1. The van der Waals surface area contributed by atoms with E-state index in [1.54, 1.807) is 0 Å². The van der Waals surface area contributed by atoms with Gasteiger partial charge in [0.05, 0.1) is 18.0 Å². The molecule has 5 nitrogen and oxygen atoms in total. The van der Waals surface area contributed by atoms with Crippen molar-refractivity contribution < 1.29 is 14.5 Å². The molecule has 6 heteroatoms. The fourth-order valence-electron chi connectivity index (χ4n) is 3.52. The van der Waals surface area contributed by atoms with Crippen molar-refractivity contribution in [1.29, 1.82) is 0 Å². The molecule has 0 saturated carbocycles. The molecule has 160 valence electrons. The summed E-state index contributed by atoms with van der Waals surface area (Å²) >= 11 is 1.06. The fourth-order valence-corrected chi connectivity index (χ4v) is 4.36. The number of hydrogen-bond acceptors (Lipinski definition) is 4. The van der Waals surface area contributed by atoms with Crippen molar-refractivity contribution >= 4 is 34.7 Å². The Hall–Kier alpha value is -1.79. The van der Waals surface area contributed by atoms with E-state index in [0.717, 1.165) is 69.2 Å². The number of benzene rings is 1. The maximum absolute atomic E-state index is 12.9. The van der Waals surface area contributed by atoms with Gasteiger partial charge in [0.2, 0.25) is 0 Å². The molecule has 1 aromatic carbocycles. The van der Waals surface area contributed by atoms with Gasteiger partial charge >= 0.3 is 0 Å². The minimum absolute atomic E-state index is 0.147. The van der Waals surface area contributed by atoms with E-state index in [1.165, 1.54) is 15.5 Å². The van der Waals surface area contributed by atoms with E-state index in [0.29, 0.717) is 11.6 Å². The van der Waals surface area contributed by atoms with E-state index >= 15 is 0 Å². The molecule has 1 aliphatic heterocycles. The summed E-state index contributed by atoms with van der Waals surface area (Å²) in [5, 5.41) is -0.147. The van der Waals surface area contributed by atoms with E-state index in [9.17, 15) is 9.59 Å². The van der Waals surface area contributed by atoms with Crippen molar-refractivity contribution in [3.8, 4) is 0 Å². The Balaban J connectivity index is 2.08. The minimum Gasteiger partial charge on any atom is -0.372 e. The van der Waals surface area contributed by atoms with Gasteiger partial charge in [-0.25, -0.2) is 4.90 Å². The molecule has 0 unspecified atom stereocenters. The number of hydrogen-bond donors (Lipinski definition) is 1. The second kappa shape index (κ2) is 12.0. The Morgan fingerprint density at radius 1 is 0.966 bits per heavy atom. The predicted octanol–water partition coefficient (Wildman–Crippen LogP) is 4.01. The van der Waals surface area contributed by atoms with Crippen LogP contribution in [0.5, 0.6) is 0 Å². The Kier molecular flexibility index (Phi) is 9.74. The van der Waals surface area contributed by atoms with Gasteiger partial charge < -0.3 is 9.80 Å². The van der Waals surface area contributed by atoms with Crippen LogP contribution in [0.4, 0.5) is 10.5 Å². The Bertz CT molecular complexity index is 691. The third-order valence-corrected chi connectivity index (χ3v) is 6.25. The van der Waals surface area contributed by atoms with Crippen LogP contribution in [-0.4, -0.2) is 48.9 Å². The topological polar surface area (TPSA) is 45.1 Å². The number of anilines is 1. The van der Waals surface area contributed by atoms with Gasteiger partial charge in [-0.2, -0.15) is 0 Å². The summed E-state index contributed by atoms with van der Waals surface area (Å²) in [6.07, 6.45) is 6.32. The first kappa shape index (κ1) is 23.5. The van der Waals surface area contributed by atoms with E-state index < -0.39 is 0 Å². The number of thioether (sulfide) groups is 1. The van der Waals surface area contributed by atoms with Crippen LogP contribution < -0.4 is 9.80 Å². The van der Waals surface area contributed by atoms with E-state index in [-0.39, 0.29) is 11.1 Å². The number of carbonyl (C=O) groups is 2. The molecular weight excluding hydrogens is 382 g/mol. The van der Waals surface area contributed by atoms with Crippen molar-refractivity contribution in [3.05, 3.63) is 34.7 Å². The SMILES string of the molecule is CCCC[NH+](CCCC)CN1C(=O)S/C(=C/c2ccc(N(CC)CC)cc2)C1=O. The highest BCUT2D eigenvalue weighted by Gasteiger charge is 2.37. The lowest BCUT2D eigenvalue weighted by atomic mass is 10.1. The molecule has 2 amide bonds. The average Bonchev–Trinajstić information content (AvgIpc) is 2.99. The Morgan fingerprint density at radius 3 is 2.07 bits per heavy atom. The number of nitrogens with zero attached hydrogens (tertiary/aromatic N) is 2. The lowest BCUT2D eigenvalue weighted by Gasteiger charge is -2.23. The van der Waals surface area contributed by atoms with Crippen LogP contribution in [0.2, 0.25) is 0 Å². The third kappa shape index (κ3) is 6.61. The van der Waals surface area contributed by atoms with Gasteiger partial charge in [-0.05, 0) is 62.2 Å². The van der Waals surface area contributed by atoms with Gasteiger partial charge in [0.1, 0.15) is 0 Å². The first-order valence-corrected chi connectivity index (χ1v) is 11.8. The fraction of sp³-hybridized carbons (Fsp3) is 0.565. The monoisotopic (exact) mass is 418 g/mol. The molecule has 1 fully saturated rings. The smallest absolute Gasteiger partial charge is 0.298 e. The molecule has 0 spiro atoms. The third-order valence-electron chi connectivity index (χ3n) is 5.34. The van der Waals surface area contributed by atoms with Gasteiger partial charge in [-0.15, -0.1) is 0 Å². The second-order valence-corrected chi connectivity index (χ2v) is 8.48. The van der Waals surface area contributed by atoms with Gasteiger partial charge in [-0.1, -0.05) is 38.8 Å². The van der Waals surface area contributed by atoms with E-state index in [4.69, 9.17) is 0 Å². The summed E-state index contributed by atoms with van der Waals surface area (Å²) in [6.45, 7) is 13.0. The van der Waals surface area contributed by atoms with Gasteiger partial charge in [0.15, 0.2) is 6.67 Å². The van der Waals surface area contributed by atoms with E-state index in [1.807, 2.05) is 18.2 Å². The highest BCUT2D eigenvalue weighted by Crippen LogP contribution is 2.31. The second-order valence-electron chi connectivity index (χ2n) is 7.49. The molecule has 0 bridgehead atoms. The van der Waals surface area contributed by atoms with Gasteiger partial charge in [-0.3, -0.25) is 9.59 Å². The summed E-state index contributed by atoms with van der Waals surface area (Å²) in [6, 6.07) is 8.18. The van der Waals surface area contributed by atoms with Gasteiger partial charge in [0.25, 0.3) is 11.1 Å². The number of carbonyl (C=O) groups excluding carboxylic acids is 2. The highest BCUT2D eigenvalue weighted by atomic mass is 32.2. The first-order chi connectivity index (χ1) is 14.0. The maximum atomic E-state index is 12.9. The highest BCUT2D eigenvalue weighted by molar-refractivity contribution is 8.18. The van der Waals surface area contributed by atoms with Crippen molar-refractivity contribution in [3.63, 3.8) is 0 Å². The summed E-state index contributed by atoms with van der Waals surface area (Å²) in [7, 11) is 0. The lowest BCUT2D eigenvalue weighted by Crippen LogP contribution is -3.13. The summed E-state index contributed by atoms with van der Waals surface area (Å²) < 4.78 is 0. The maximum Gasteiger partial charge on any atom is 0.298 e. The van der Waals surface area contributed by atoms with Crippen LogP contribution >= 0.6 is 11.8 Å². The molecular formula is C23H36N3O2S+. The molecule has 1 N–H and O–H groups in total. The standard InChI is InChI=1S/C23H35N3O2S/c1-5-9-15-24(16-10-6-2)18-26-22(27)21(29-23(26)28)17-19-11-13-20(14-12-19)25(7-3)8-4/h11-14,17H,5-10,15-16,18H2,1-4H3/p+1/b21-17+. The summed E-state index contributed by atoms with van der Waals surface area (Å²) in [5.74, 6) is -0.154. The van der Waals surface area contributed by atoms with Crippen molar-refractivity contribution in [1.82, 2.24) is 4.90 Å². The van der Waals surface area contributed by atoms with Crippen molar-refractivity contribution in [2.75, 3.05) is 37.7 Å². The Morgan fingerprint density at radius 2 is 1.55 bits per heavy atom. The normalized spacial score (nSPS) is 15.8. The predicted molar refractivity (Wildman–Crippen MR) is 123 cm³/mol. The molecule has 2 rings (SSSR count). The molecule has 0 aliphatic carbocycles. The zero-order valence-corrected chi connectivity index (χ0v) is 19.2. The van der Waals surface area contributed by atoms with Gasteiger partial charge in [0, 0.05) is 18.8 Å². The molecule has 1 aliphatic rings. The van der Waals surface area contributed by atoms with Crippen molar-refractivity contribution in [2.45, 2.75) is 53.4 Å². The average molecular weight is 419 g/mol. The largest absolute Gasteiger partial charge is 0.372 e. The van der Waals surface area contributed by atoms with Crippen molar-refractivity contribution in [2.24, 2.45) is 0 Å². The molecule has 1 heterocycles. The zero-order chi connectivity index (χ0) is 21.2. The first-order valence-electron chi connectivity index (χ1n) is 11.0. The van der Waals surface area contributed by atoms with Crippen LogP contribution in [-0.2, 0) is 4.79 Å². The molecule has 1 saturated heterocycles. The molecule has 1 aromatic rings. The van der Waals surface area contributed by atoms with Crippen LogP contribution in [0.1, 0.15) is 58.9 Å². The van der Waals surface area contributed by atoms with Crippen LogP contribution in [0, 0.1) is 0 Å². The number of amides is 2. The van der Waals surface area contributed by atoms with Crippen LogP contribution in [0.15, 0.2) is 29.2 Å². The zero-order valence-electron chi connectivity index (χ0n) is 18.4. The molecule has 0 atom stereocenters. The number of rotatable bonds is 12. The molecule has 0 radical (unpaired) electrons. The number of unbranched alkanes of at least 4 members (excludes halogenated alkanes) is 2. The van der Waals surface area contributed by atoms with Crippen LogP contribution in [0.25, 0.3) is 6.08 Å². The molecule has 0 aromatic heterocycles. The van der Waals surface area contributed by atoms with E-state index in [2.05, 4.69) is 44.7 Å². The quantitative estimate of drug-likeness (QED) is 0.521. The Labute approximate surface area is 180 Å². The lowest BCUT2D eigenvalue weighted by molar-refractivity contribution is -0.907. The van der Waals surface area contributed by atoms with Crippen LogP contribution in [0.3, 0.4) is 0 Å². The number of imide groups is 1. The summed E-state index contributed by atoms with van der Waals surface area (Å²) in [5.41, 5.74) is 2.12. The minimum atomic E-state index is -0.154. The molecule has 29 heavy (non-hydrogen) atoms. The summed E-state index contributed by atoms with van der Waals surface area (Å²) in [4.78, 5) is 30.9. The number of nitrogens with one attached hydrogen (secondary N) is 1.